The summed E-state index contributed by atoms with van der Waals surface area (Å²) in [5, 5.41) is 11.8. The number of para-hydroxylation sites is 1. The minimum atomic E-state index is -3.81. The first-order valence-corrected chi connectivity index (χ1v) is 11.5. The monoisotopic (exact) mass is 480 g/mol. The van der Waals surface area contributed by atoms with Crippen molar-refractivity contribution in [2.45, 2.75) is 43.0 Å². The summed E-state index contributed by atoms with van der Waals surface area (Å²) >= 11 is 3.25. The van der Waals surface area contributed by atoms with Crippen molar-refractivity contribution in [3.63, 3.8) is 0 Å². The molecule has 1 amide bonds. The number of carbonyl (C=O) groups excluding carboxylic acids is 1. The Morgan fingerprint density at radius 1 is 1.03 bits per heavy atom. The lowest BCUT2D eigenvalue weighted by Crippen LogP contribution is -2.36. The highest BCUT2D eigenvalue weighted by Crippen LogP contribution is 2.26. The second-order valence-electron chi connectivity index (χ2n) is 6.91. The second kappa shape index (κ2) is 9.06. The van der Waals surface area contributed by atoms with Gasteiger partial charge in [-0.05, 0) is 59.1 Å². The molecule has 0 atom stereocenters. The molecule has 1 saturated carbocycles. The molecule has 3 rings (SSSR count). The summed E-state index contributed by atoms with van der Waals surface area (Å²) in [6.45, 7) is 0. The van der Waals surface area contributed by atoms with E-state index in [4.69, 9.17) is 0 Å². The number of rotatable bonds is 6. The fourth-order valence-corrected chi connectivity index (χ4v) is 5.62. The lowest BCUT2D eigenvalue weighted by molar-refractivity contribution is 0.0698. The highest BCUT2D eigenvalue weighted by atomic mass is 79.9. The van der Waals surface area contributed by atoms with Crippen molar-refractivity contribution in [1.29, 1.82) is 0 Å². The molecule has 0 aromatic heterocycles. The van der Waals surface area contributed by atoms with Gasteiger partial charge >= 0.3 is 5.97 Å². The van der Waals surface area contributed by atoms with Gasteiger partial charge < -0.3 is 10.4 Å². The third-order valence-corrected chi connectivity index (χ3v) is 7.33. The van der Waals surface area contributed by atoms with Crippen LogP contribution in [0.2, 0.25) is 0 Å². The van der Waals surface area contributed by atoms with Gasteiger partial charge in [-0.25, -0.2) is 17.9 Å². The zero-order valence-electron chi connectivity index (χ0n) is 15.5. The van der Waals surface area contributed by atoms with Gasteiger partial charge in [-0.3, -0.25) is 4.79 Å². The van der Waals surface area contributed by atoms with Crippen molar-refractivity contribution in [1.82, 2.24) is 4.72 Å². The van der Waals surface area contributed by atoms with Crippen LogP contribution in [0.15, 0.2) is 51.8 Å². The SMILES string of the molecule is O=C(Nc1ccccc1C(=O)O)c1ccc(Br)c(S(=O)(=O)NC2CCCCC2)c1. The summed E-state index contributed by atoms with van der Waals surface area (Å²) in [7, 11) is -3.81. The quantitative estimate of drug-likeness (QED) is 0.577. The molecule has 1 aliphatic rings. The number of carboxylic acid groups (broad SMARTS) is 1. The number of carboxylic acids is 1. The fraction of sp³-hybridized carbons (Fsp3) is 0.300. The average Bonchev–Trinajstić information content (AvgIpc) is 2.68. The van der Waals surface area contributed by atoms with E-state index in [0.29, 0.717) is 4.47 Å². The van der Waals surface area contributed by atoms with Gasteiger partial charge in [0.1, 0.15) is 0 Å². The van der Waals surface area contributed by atoms with E-state index >= 15 is 0 Å². The summed E-state index contributed by atoms with van der Waals surface area (Å²) in [4.78, 5) is 23.9. The molecule has 0 unspecified atom stereocenters. The minimum absolute atomic E-state index is 0.0257. The van der Waals surface area contributed by atoms with E-state index < -0.39 is 21.9 Å². The molecule has 154 valence electrons. The third-order valence-electron chi connectivity index (χ3n) is 4.82. The smallest absolute Gasteiger partial charge is 0.337 e. The van der Waals surface area contributed by atoms with Gasteiger partial charge in [-0.15, -0.1) is 0 Å². The largest absolute Gasteiger partial charge is 0.478 e. The Bertz CT molecular complexity index is 1030. The average molecular weight is 481 g/mol. The van der Waals surface area contributed by atoms with Crippen LogP contribution in [0, 0.1) is 0 Å². The van der Waals surface area contributed by atoms with Gasteiger partial charge in [0.15, 0.2) is 0 Å². The number of nitrogens with one attached hydrogen (secondary N) is 2. The van der Waals surface area contributed by atoms with E-state index in [1.54, 1.807) is 12.1 Å². The number of carbonyl (C=O) groups is 2. The van der Waals surface area contributed by atoms with Crippen LogP contribution in [-0.4, -0.2) is 31.4 Å². The highest BCUT2D eigenvalue weighted by Gasteiger charge is 2.25. The summed E-state index contributed by atoms with van der Waals surface area (Å²) in [5.41, 5.74) is 0.194. The van der Waals surface area contributed by atoms with E-state index in [0.717, 1.165) is 32.1 Å². The lowest BCUT2D eigenvalue weighted by atomic mass is 9.96. The Morgan fingerprint density at radius 2 is 1.72 bits per heavy atom. The molecule has 0 aliphatic heterocycles. The number of amides is 1. The first-order chi connectivity index (χ1) is 13.8. The molecule has 3 N–H and O–H groups in total. The summed E-state index contributed by atoms with van der Waals surface area (Å²) < 4.78 is 28.8. The summed E-state index contributed by atoms with van der Waals surface area (Å²) in [6, 6.07) is 10.2. The molecule has 1 fully saturated rings. The molecule has 29 heavy (non-hydrogen) atoms. The number of halogens is 1. The molecule has 2 aromatic rings. The van der Waals surface area contributed by atoms with Crippen molar-refractivity contribution in [2.75, 3.05) is 5.32 Å². The van der Waals surface area contributed by atoms with E-state index in [1.165, 1.54) is 30.3 Å². The standard InChI is InChI=1S/C20H21BrN2O5S/c21-16-11-10-13(19(24)22-17-9-5-4-8-15(17)20(25)26)12-18(16)29(27,28)23-14-6-2-1-3-7-14/h4-5,8-12,14,23H,1-3,6-7H2,(H,22,24)(H,25,26). The minimum Gasteiger partial charge on any atom is -0.478 e. The Hall–Kier alpha value is -2.23. The van der Waals surface area contributed by atoms with Gasteiger partial charge in [0, 0.05) is 16.1 Å². The third kappa shape index (κ3) is 5.23. The van der Waals surface area contributed by atoms with E-state index in [-0.39, 0.29) is 27.8 Å². The molecular formula is C20H21BrN2O5S. The second-order valence-corrected chi connectivity index (χ2v) is 9.44. The molecule has 0 radical (unpaired) electrons. The van der Waals surface area contributed by atoms with Crippen LogP contribution in [0.5, 0.6) is 0 Å². The number of hydrogen-bond acceptors (Lipinski definition) is 4. The zero-order chi connectivity index (χ0) is 21.0. The first-order valence-electron chi connectivity index (χ1n) is 9.23. The summed E-state index contributed by atoms with van der Waals surface area (Å²) in [6.07, 6.45) is 4.67. The van der Waals surface area contributed by atoms with Crippen LogP contribution in [0.3, 0.4) is 0 Å². The molecule has 0 heterocycles. The van der Waals surface area contributed by atoms with Crippen molar-refractivity contribution in [2.24, 2.45) is 0 Å². The van der Waals surface area contributed by atoms with E-state index in [9.17, 15) is 23.1 Å². The van der Waals surface area contributed by atoms with Crippen LogP contribution >= 0.6 is 15.9 Å². The first kappa shape index (κ1) is 21.5. The van der Waals surface area contributed by atoms with Crippen molar-refractivity contribution in [3.05, 3.63) is 58.1 Å². The Kier molecular flexibility index (Phi) is 6.71. The zero-order valence-corrected chi connectivity index (χ0v) is 17.9. The maximum Gasteiger partial charge on any atom is 0.337 e. The highest BCUT2D eigenvalue weighted by molar-refractivity contribution is 9.10. The van der Waals surface area contributed by atoms with Gasteiger partial charge in [0.05, 0.1) is 16.1 Å². The predicted molar refractivity (Wildman–Crippen MR) is 113 cm³/mol. The van der Waals surface area contributed by atoms with E-state index in [1.807, 2.05) is 0 Å². The van der Waals surface area contributed by atoms with Gasteiger partial charge in [-0.1, -0.05) is 31.4 Å². The number of sulfonamides is 1. The molecule has 2 aromatic carbocycles. The number of hydrogen-bond donors (Lipinski definition) is 3. The van der Waals surface area contributed by atoms with Crippen LogP contribution in [0.25, 0.3) is 0 Å². The molecule has 7 nitrogen and oxygen atoms in total. The molecule has 1 aliphatic carbocycles. The number of anilines is 1. The Balaban J connectivity index is 1.85. The maximum absolute atomic E-state index is 12.8. The maximum atomic E-state index is 12.8. The molecule has 0 saturated heterocycles. The molecule has 0 bridgehead atoms. The Morgan fingerprint density at radius 3 is 2.41 bits per heavy atom. The summed E-state index contributed by atoms with van der Waals surface area (Å²) in [5.74, 6) is -1.77. The van der Waals surface area contributed by atoms with Gasteiger partial charge in [0.25, 0.3) is 5.91 Å². The van der Waals surface area contributed by atoms with Crippen LogP contribution in [-0.2, 0) is 10.0 Å². The predicted octanol–water partition coefficient (Wildman–Crippen LogP) is 4.01. The van der Waals surface area contributed by atoms with Crippen molar-refractivity contribution >= 4 is 43.5 Å². The van der Waals surface area contributed by atoms with Crippen LogP contribution < -0.4 is 10.0 Å². The Labute approximate surface area is 177 Å². The van der Waals surface area contributed by atoms with Crippen LogP contribution in [0.1, 0.15) is 52.8 Å². The number of benzene rings is 2. The molecule has 9 heteroatoms. The van der Waals surface area contributed by atoms with E-state index in [2.05, 4.69) is 26.0 Å². The fourth-order valence-electron chi connectivity index (χ4n) is 3.33. The normalized spacial score (nSPS) is 15.1. The van der Waals surface area contributed by atoms with Crippen molar-refractivity contribution in [3.8, 4) is 0 Å². The topological polar surface area (TPSA) is 113 Å². The van der Waals surface area contributed by atoms with Crippen molar-refractivity contribution < 1.29 is 23.1 Å². The molecule has 0 spiro atoms. The van der Waals surface area contributed by atoms with Crippen LogP contribution in [0.4, 0.5) is 5.69 Å². The number of aromatic carboxylic acids is 1. The van der Waals surface area contributed by atoms with Gasteiger partial charge in [-0.2, -0.15) is 0 Å². The molecular weight excluding hydrogens is 460 g/mol. The lowest BCUT2D eigenvalue weighted by Gasteiger charge is -2.23. The van der Waals surface area contributed by atoms with Gasteiger partial charge in [0.2, 0.25) is 10.0 Å².